The molecule has 0 saturated carbocycles. The first-order chi connectivity index (χ1) is 9.45. The molecule has 4 nitrogen and oxygen atoms in total. The molecule has 1 rings (SSSR count). The van der Waals surface area contributed by atoms with Crippen molar-refractivity contribution in [1.29, 1.82) is 0 Å². The van der Waals surface area contributed by atoms with Gasteiger partial charge in [-0.15, -0.1) is 0 Å². The lowest BCUT2D eigenvalue weighted by molar-refractivity contribution is -0.125. The average molecular weight is 317 g/mol. The third-order valence-corrected chi connectivity index (χ3v) is 3.52. The average Bonchev–Trinajstić information content (AvgIpc) is 2.42. The Hall–Kier alpha value is -1.26. The van der Waals surface area contributed by atoms with E-state index in [2.05, 4.69) is 10.6 Å². The van der Waals surface area contributed by atoms with E-state index < -0.39 is 0 Å². The Bertz CT molecular complexity index is 472. The monoisotopic (exact) mass is 316 g/mol. The summed E-state index contributed by atoms with van der Waals surface area (Å²) in [6, 6.07) is 5.31. The zero-order valence-electron chi connectivity index (χ0n) is 11.5. The minimum Gasteiger partial charge on any atom is -0.354 e. The Morgan fingerprint density at radius 1 is 1.15 bits per heavy atom. The molecule has 1 unspecified atom stereocenters. The first-order valence-electron chi connectivity index (χ1n) is 6.43. The summed E-state index contributed by atoms with van der Waals surface area (Å²) in [6.45, 7) is 4.05. The van der Waals surface area contributed by atoms with E-state index in [0.717, 1.165) is 5.56 Å². The van der Waals surface area contributed by atoms with Gasteiger partial charge in [-0.3, -0.25) is 9.59 Å². The number of carbonyl (C=O) groups excluding carboxylic acids is 2. The zero-order valence-corrected chi connectivity index (χ0v) is 13.0. The van der Waals surface area contributed by atoms with Crippen molar-refractivity contribution in [3.8, 4) is 0 Å². The van der Waals surface area contributed by atoms with E-state index in [-0.39, 0.29) is 24.3 Å². The smallest absolute Gasteiger partial charge is 0.239 e. The molecule has 1 aromatic carbocycles. The van der Waals surface area contributed by atoms with Gasteiger partial charge in [-0.1, -0.05) is 43.1 Å². The lowest BCUT2D eigenvalue weighted by Gasteiger charge is -2.16. The predicted octanol–water partition coefficient (Wildman–Crippen LogP) is 2.74. The Morgan fingerprint density at radius 2 is 1.75 bits per heavy atom. The quantitative estimate of drug-likeness (QED) is 0.847. The predicted molar refractivity (Wildman–Crippen MR) is 81.2 cm³/mol. The molecule has 0 aliphatic rings. The van der Waals surface area contributed by atoms with Crippen LogP contribution in [0.4, 0.5) is 0 Å². The molecule has 1 atom stereocenters. The number of halogens is 2. The number of amides is 2. The Kier molecular flexibility index (Phi) is 6.82. The number of carbonyl (C=O) groups is 2. The van der Waals surface area contributed by atoms with Gasteiger partial charge in [-0.25, -0.2) is 0 Å². The summed E-state index contributed by atoms with van der Waals surface area (Å²) in [5.74, 6) is -0.397. The summed E-state index contributed by atoms with van der Waals surface area (Å²) in [4.78, 5) is 22.6. The van der Waals surface area contributed by atoms with Crippen LogP contribution in [0.3, 0.4) is 0 Å². The molecule has 20 heavy (non-hydrogen) atoms. The Labute approximate surface area is 128 Å². The van der Waals surface area contributed by atoms with Crippen LogP contribution in [0.25, 0.3) is 0 Å². The van der Waals surface area contributed by atoms with Crippen LogP contribution in [0.5, 0.6) is 0 Å². The molecular weight excluding hydrogens is 299 g/mol. The van der Waals surface area contributed by atoms with Gasteiger partial charge in [0.15, 0.2) is 0 Å². The van der Waals surface area contributed by atoms with Crippen LogP contribution in [-0.4, -0.2) is 24.9 Å². The second-order valence-electron chi connectivity index (χ2n) is 4.47. The molecule has 0 aliphatic heterocycles. The SMILES string of the molecule is CCC(=O)NCC(=O)NCC(C)c1c(Cl)cccc1Cl. The summed E-state index contributed by atoms with van der Waals surface area (Å²) < 4.78 is 0. The van der Waals surface area contributed by atoms with E-state index in [1.165, 1.54) is 0 Å². The largest absolute Gasteiger partial charge is 0.354 e. The molecule has 0 spiro atoms. The number of nitrogens with one attached hydrogen (secondary N) is 2. The standard InChI is InChI=1S/C14H18Cl2N2O2/c1-3-12(19)18-8-13(20)17-7-9(2)14-10(15)5-4-6-11(14)16/h4-6,9H,3,7-8H2,1-2H3,(H,17,20)(H,18,19). The molecule has 6 heteroatoms. The first-order valence-corrected chi connectivity index (χ1v) is 7.18. The van der Waals surface area contributed by atoms with Crippen LogP contribution in [0.1, 0.15) is 31.7 Å². The Balaban J connectivity index is 2.49. The van der Waals surface area contributed by atoms with Crippen molar-refractivity contribution < 1.29 is 9.59 Å². The van der Waals surface area contributed by atoms with E-state index in [1.54, 1.807) is 25.1 Å². The maximum absolute atomic E-state index is 11.6. The van der Waals surface area contributed by atoms with E-state index in [9.17, 15) is 9.59 Å². The summed E-state index contributed by atoms with van der Waals surface area (Å²) >= 11 is 12.2. The third-order valence-electron chi connectivity index (χ3n) is 2.87. The summed E-state index contributed by atoms with van der Waals surface area (Å²) in [5, 5.41) is 6.42. The second kappa shape index (κ2) is 8.12. The minimum absolute atomic E-state index is 0.0120. The van der Waals surface area contributed by atoms with Gasteiger partial charge in [0.25, 0.3) is 0 Å². The van der Waals surface area contributed by atoms with Crippen LogP contribution in [0, 0.1) is 0 Å². The van der Waals surface area contributed by atoms with E-state index in [0.29, 0.717) is 23.0 Å². The van der Waals surface area contributed by atoms with Crippen molar-refractivity contribution >= 4 is 35.0 Å². The maximum atomic E-state index is 11.6. The van der Waals surface area contributed by atoms with Crippen LogP contribution in [0.2, 0.25) is 10.0 Å². The van der Waals surface area contributed by atoms with Gasteiger partial charge in [-0.05, 0) is 17.7 Å². The highest BCUT2D eigenvalue weighted by atomic mass is 35.5. The Morgan fingerprint density at radius 3 is 2.30 bits per heavy atom. The first kappa shape index (κ1) is 16.8. The van der Waals surface area contributed by atoms with E-state index in [4.69, 9.17) is 23.2 Å². The lowest BCUT2D eigenvalue weighted by atomic mass is 10.0. The molecule has 0 fully saturated rings. The van der Waals surface area contributed by atoms with E-state index >= 15 is 0 Å². The van der Waals surface area contributed by atoms with Crippen molar-refractivity contribution in [3.05, 3.63) is 33.8 Å². The highest BCUT2D eigenvalue weighted by Crippen LogP contribution is 2.30. The second-order valence-corrected chi connectivity index (χ2v) is 5.29. The van der Waals surface area contributed by atoms with E-state index in [1.807, 2.05) is 6.92 Å². The van der Waals surface area contributed by atoms with Gasteiger partial charge in [-0.2, -0.15) is 0 Å². The molecule has 1 aromatic rings. The van der Waals surface area contributed by atoms with Crippen LogP contribution < -0.4 is 10.6 Å². The summed E-state index contributed by atoms with van der Waals surface area (Å²) in [6.07, 6.45) is 0.360. The van der Waals surface area contributed by atoms with Crippen molar-refractivity contribution in [2.45, 2.75) is 26.2 Å². The van der Waals surface area contributed by atoms with Gasteiger partial charge in [0.05, 0.1) is 6.54 Å². The zero-order chi connectivity index (χ0) is 15.1. The third kappa shape index (κ3) is 5.02. The number of hydrogen-bond donors (Lipinski definition) is 2. The van der Waals surface area contributed by atoms with Gasteiger partial charge in [0, 0.05) is 28.9 Å². The molecule has 0 aliphatic carbocycles. The number of rotatable bonds is 6. The molecule has 0 heterocycles. The van der Waals surface area contributed by atoms with Crippen LogP contribution >= 0.6 is 23.2 Å². The van der Waals surface area contributed by atoms with Crippen molar-refractivity contribution in [1.82, 2.24) is 10.6 Å². The maximum Gasteiger partial charge on any atom is 0.239 e. The highest BCUT2D eigenvalue weighted by Gasteiger charge is 2.14. The fourth-order valence-electron chi connectivity index (χ4n) is 1.72. The number of benzene rings is 1. The van der Waals surface area contributed by atoms with Gasteiger partial charge < -0.3 is 10.6 Å². The molecule has 2 N–H and O–H groups in total. The van der Waals surface area contributed by atoms with Gasteiger partial charge >= 0.3 is 0 Å². The van der Waals surface area contributed by atoms with Gasteiger partial charge in [0.1, 0.15) is 0 Å². The van der Waals surface area contributed by atoms with Crippen molar-refractivity contribution in [3.63, 3.8) is 0 Å². The fraction of sp³-hybridized carbons (Fsp3) is 0.429. The molecule has 0 bridgehead atoms. The molecule has 110 valence electrons. The molecule has 0 radical (unpaired) electrons. The molecule has 0 aromatic heterocycles. The van der Waals surface area contributed by atoms with Crippen molar-refractivity contribution in [2.24, 2.45) is 0 Å². The van der Waals surface area contributed by atoms with Gasteiger partial charge in [0.2, 0.25) is 11.8 Å². The summed E-state index contributed by atoms with van der Waals surface area (Å²) in [7, 11) is 0. The highest BCUT2D eigenvalue weighted by molar-refractivity contribution is 6.36. The minimum atomic E-state index is -0.234. The molecular formula is C14H18Cl2N2O2. The van der Waals surface area contributed by atoms with Crippen LogP contribution in [-0.2, 0) is 9.59 Å². The molecule has 0 saturated heterocycles. The normalized spacial score (nSPS) is 11.8. The number of hydrogen-bond acceptors (Lipinski definition) is 2. The van der Waals surface area contributed by atoms with Crippen molar-refractivity contribution in [2.75, 3.05) is 13.1 Å². The fourth-order valence-corrected chi connectivity index (χ4v) is 2.49. The lowest BCUT2D eigenvalue weighted by Crippen LogP contribution is -2.38. The topological polar surface area (TPSA) is 58.2 Å². The summed E-state index contributed by atoms with van der Waals surface area (Å²) in [5.41, 5.74) is 0.814. The van der Waals surface area contributed by atoms with Crippen LogP contribution in [0.15, 0.2) is 18.2 Å². The molecule has 2 amide bonds.